The first-order chi connectivity index (χ1) is 7.45. The maximum absolute atomic E-state index is 12.1. The molecule has 2 nitrogen and oxygen atoms in total. The number of carbonyl (C=O) groups is 1. The zero-order valence-corrected chi connectivity index (χ0v) is 8.14. The molecule has 0 atom stereocenters. The van der Waals surface area contributed by atoms with Gasteiger partial charge in [-0.3, -0.25) is 4.79 Å². The third-order valence-electron chi connectivity index (χ3n) is 1.72. The van der Waals surface area contributed by atoms with Crippen molar-refractivity contribution in [2.45, 2.75) is 6.18 Å². The highest BCUT2D eigenvalue weighted by Crippen LogP contribution is 2.21. The number of halogens is 3. The van der Waals surface area contributed by atoms with E-state index in [-0.39, 0.29) is 6.54 Å². The van der Waals surface area contributed by atoms with Crippen LogP contribution in [0.15, 0.2) is 24.3 Å². The first-order valence-corrected chi connectivity index (χ1v) is 4.35. The van der Waals surface area contributed by atoms with Crippen molar-refractivity contribution in [3.63, 3.8) is 0 Å². The summed E-state index contributed by atoms with van der Waals surface area (Å²) in [5.41, 5.74) is 5.04. The zero-order chi connectivity index (χ0) is 12.2. The van der Waals surface area contributed by atoms with E-state index in [1.165, 1.54) is 12.1 Å². The maximum Gasteiger partial charge on any atom is 0.454 e. The zero-order valence-electron chi connectivity index (χ0n) is 8.14. The molecule has 0 fully saturated rings. The van der Waals surface area contributed by atoms with Gasteiger partial charge in [0.1, 0.15) is 0 Å². The second kappa shape index (κ2) is 4.81. The number of hydrogen-bond acceptors (Lipinski definition) is 2. The highest BCUT2D eigenvalue weighted by Gasteiger charge is 2.39. The SMILES string of the molecule is NCC#Cc1cccc(C(=O)C(F)(F)F)c1. The monoisotopic (exact) mass is 227 g/mol. The summed E-state index contributed by atoms with van der Waals surface area (Å²) in [6, 6.07) is 5.05. The van der Waals surface area contributed by atoms with Gasteiger partial charge in [-0.1, -0.05) is 24.0 Å². The number of ketones is 1. The molecule has 0 bridgehead atoms. The minimum atomic E-state index is -4.86. The molecular weight excluding hydrogens is 219 g/mol. The van der Waals surface area contributed by atoms with E-state index in [9.17, 15) is 18.0 Å². The number of alkyl halides is 3. The van der Waals surface area contributed by atoms with E-state index in [2.05, 4.69) is 11.8 Å². The molecule has 1 aromatic carbocycles. The summed E-state index contributed by atoms with van der Waals surface area (Å²) in [6.45, 7) is 0.109. The predicted molar refractivity (Wildman–Crippen MR) is 52.8 cm³/mol. The second-order valence-electron chi connectivity index (χ2n) is 2.91. The molecule has 0 radical (unpaired) electrons. The Bertz CT molecular complexity index is 454. The van der Waals surface area contributed by atoms with Gasteiger partial charge >= 0.3 is 6.18 Å². The highest BCUT2D eigenvalue weighted by molar-refractivity contribution is 6.00. The van der Waals surface area contributed by atoms with Gasteiger partial charge in [0.25, 0.3) is 5.78 Å². The average Bonchev–Trinajstić information content (AvgIpc) is 2.24. The van der Waals surface area contributed by atoms with Crippen LogP contribution in [-0.4, -0.2) is 18.5 Å². The van der Waals surface area contributed by atoms with Gasteiger partial charge in [-0.05, 0) is 12.1 Å². The highest BCUT2D eigenvalue weighted by atomic mass is 19.4. The van der Waals surface area contributed by atoms with Gasteiger partial charge in [-0.25, -0.2) is 0 Å². The Kier molecular flexibility index (Phi) is 3.69. The molecule has 5 heteroatoms. The number of carbonyl (C=O) groups excluding carboxylic acids is 1. The molecule has 0 heterocycles. The summed E-state index contributed by atoms with van der Waals surface area (Å²) in [6.07, 6.45) is -4.86. The summed E-state index contributed by atoms with van der Waals surface area (Å²) in [5.74, 6) is 3.18. The average molecular weight is 227 g/mol. The van der Waals surface area contributed by atoms with Crippen molar-refractivity contribution >= 4 is 5.78 Å². The smallest absolute Gasteiger partial charge is 0.320 e. The Morgan fingerprint density at radius 2 is 2.06 bits per heavy atom. The Morgan fingerprint density at radius 1 is 1.38 bits per heavy atom. The molecule has 0 saturated carbocycles. The molecule has 0 aromatic heterocycles. The lowest BCUT2D eigenvalue weighted by molar-refractivity contribution is -0.0885. The van der Waals surface area contributed by atoms with E-state index < -0.39 is 17.5 Å². The molecule has 0 aliphatic heterocycles. The van der Waals surface area contributed by atoms with Gasteiger partial charge < -0.3 is 5.73 Å². The fourth-order valence-corrected chi connectivity index (χ4v) is 1.05. The van der Waals surface area contributed by atoms with Crippen LogP contribution >= 0.6 is 0 Å². The van der Waals surface area contributed by atoms with E-state index in [4.69, 9.17) is 5.73 Å². The third kappa shape index (κ3) is 3.11. The van der Waals surface area contributed by atoms with E-state index in [1.807, 2.05) is 0 Å². The summed E-state index contributed by atoms with van der Waals surface area (Å²) >= 11 is 0. The van der Waals surface area contributed by atoms with Gasteiger partial charge in [0.05, 0.1) is 6.54 Å². The standard InChI is InChI=1S/C11H8F3NO/c12-11(13,14)10(16)9-5-1-3-8(7-9)4-2-6-15/h1,3,5,7H,6,15H2. The summed E-state index contributed by atoms with van der Waals surface area (Å²) in [4.78, 5) is 10.9. The van der Waals surface area contributed by atoms with Crippen LogP contribution in [-0.2, 0) is 0 Å². The molecular formula is C11H8F3NO. The fourth-order valence-electron chi connectivity index (χ4n) is 1.05. The predicted octanol–water partition coefficient (Wildman–Crippen LogP) is 1.74. The molecule has 84 valence electrons. The molecule has 1 rings (SSSR count). The summed E-state index contributed by atoms with van der Waals surface area (Å²) < 4.78 is 36.3. The number of hydrogen-bond donors (Lipinski definition) is 1. The Balaban J connectivity index is 3.04. The van der Waals surface area contributed by atoms with Crippen molar-refractivity contribution in [1.82, 2.24) is 0 Å². The Hall–Kier alpha value is -1.80. The summed E-state index contributed by atoms with van der Waals surface area (Å²) in [5, 5.41) is 0. The molecule has 0 aliphatic rings. The van der Waals surface area contributed by atoms with E-state index in [0.717, 1.165) is 12.1 Å². The van der Waals surface area contributed by atoms with Crippen molar-refractivity contribution < 1.29 is 18.0 Å². The van der Waals surface area contributed by atoms with Crippen LogP contribution in [0.1, 0.15) is 15.9 Å². The van der Waals surface area contributed by atoms with Gasteiger partial charge in [-0.15, -0.1) is 0 Å². The van der Waals surface area contributed by atoms with Crippen LogP contribution in [0.5, 0.6) is 0 Å². The molecule has 2 N–H and O–H groups in total. The Morgan fingerprint density at radius 3 is 2.62 bits per heavy atom. The van der Waals surface area contributed by atoms with Crippen LogP contribution in [0.4, 0.5) is 13.2 Å². The van der Waals surface area contributed by atoms with Crippen LogP contribution in [0.2, 0.25) is 0 Å². The third-order valence-corrected chi connectivity index (χ3v) is 1.72. The Labute approximate surface area is 90.3 Å². The maximum atomic E-state index is 12.1. The lowest BCUT2D eigenvalue weighted by atomic mass is 10.1. The lowest BCUT2D eigenvalue weighted by Crippen LogP contribution is -2.22. The minimum Gasteiger partial charge on any atom is -0.320 e. The first kappa shape index (κ1) is 12.3. The van der Waals surface area contributed by atoms with Crippen molar-refractivity contribution in [1.29, 1.82) is 0 Å². The molecule has 0 spiro atoms. The molecule has 0 unspecified atom stereocenters. The quantitative estimate of drug-likeness (QED) is 0.586. The van der Waals surface area contributed by atoms with Crippen molar-refractivity contribution in [3.05, 3.63) is 35.4 Å². The lowest BCUT2D eigenvalue weighted by Gasteiger charge is -2.04. The molecule has 0 amide bonds. The van der Waals surface area contributed by atoms with Gasteiger partial charge in [-0.2, -0.15) is 13.2 Å². The normalized spacial score (nSPS) is 10.5. The van der Waals surface area contributed by atoms with Crippen LogP contribution in [0, 0.1) is 11.8 Å². The van der Waals surface area contributed by atoms with E-state index >= 15 is 0 Å². The molecule has 0 saturated heterocycles. The van der Waals surface area contributed by atoms with Crippen molar-refractivity contribution in [3.8, 4) is 11.8 Å². The fraction of sp³-hybridized carbons (Fsp3) is 0.182. The largest absolute Gasteiger partial charge is 0.454 e. The summed E-state index contributed by atoms with van der Waals surface area (Å²) in [7, 11) is 0. The van der Waals surface area contributed by atoms with Crippen molar-refractivity contribution in [2.75, 3.05) is 6.54 Å². The van der Waals surface area contributed by atoms with Crippen LogP contribution in [0.25, 0.3) is 0 Å². The topological polar surface area (TPSA) is 43.1 Å². The van der Waals surface area contributed by atoms with Gasteiger partial charge in [0, 0.05) is 11.1 Å². The first-order valence-electron chi connectivity index (χ1n) is 4.35. The number of Topliss-reactive ketones (excluding diaryl/α,β-unsaturated/α-hetero) is 1. The van der Waals surface area contributed by atoms with Gasteiger partial charge in [0.15, 0.2) is 0 Å². The number of nitrogens with two attached hydrogens (primary N) is 1. The molecule has 1 aromatic rings. The molecule has 16 heavy (non-hydrogen) atoms. The van der Waals surface area contributed by atoms with Crippen molar-refractivity contribution in [2.24, 2.45) is 5.73 Å². The van der Waals surface area contributed by atoms with Crippen LogP contribution in [0.3, 0.4) is 0 Å². The van der Waals surface area contributed by atoms with Gasteiger partial charge in [0.2, 0.25) is 0 Å². The van der Waals surface area contributed by atoms with Crippen LogP contribution < -0.4 is 5.73 Å². The molecule has 0 aliphatic carbocycles. The number of benzene rings is 1. The van der Waals surface area contributed by atoms with E-state index in [1.54, 1.807) is 0 Å². The number of rotatable bonds is 1. The minimum absolute atomic E-state index is 0.109. The second-order valence-corrected chi connectivity index (χ2v) is 2.91. The van der Waals surface area contributed by atoms with E-state index in [0.29, 0.717) is 5.56 Å².